The molecular formula is C19H16N6O. The van der Waals surface area contributed by atoms with E-state index < -0.39 is 0 Å². The van der Waals surface area contributed by atoms with Crippen molar-refractivity contribution in [3.63, 3.8) is 0 Å². The van der Waals surface area contributed by atoms with E-state index in [0.29, 0.717) is 11.8 Å². The Bertz CT molecular complexity index is 1090. The van der Waals surface area contributed by atoms with E-state index >= 15 is 0 Å². The molecule has 2 aromatic heterocycles. The van der Waals surface area contributed by atoms with Gasteiger partial charge in [-0.2, -0.15) is 10.1 Å². The van der Waals surface area contributed by atoms with Gasteiger partial charge in [0.1, 0.15) is 11.6 Å². The number of aromatic amines is 1. The van der Waals surface area contributed by atoms with Gasteiger partial charge in [-0.25, -0.2) is 4.98 Å². The molecule has 4 aromatic rings. The van der Waals surface area contributed by atoms with Gasteiger partial charge in [0.25, 0.3) is 0 Å². The van der Waals surface area contributed by atoms with Crippen LogP contribution in [0, 0.1) is 0 Å². The van der Waals surface area contributed by atoms with Gasteiger partial charge in [0.05, 0.1) is 24.0 Å². The highest BCUT2D eigenvalue weighted by molar-refractivity contribution is 5.92. The van der Waals surface area contributed by atoms with E-state index in [1.165, 1.54) is 5.56 Å². The van der Waals surface area contributed by atoms with Crippen LogP contribution >= 0.6 is 0 Å². The molecule has 0 atom stereocenters. The molecule has 0 saturated carbocycles. The van der Waals surface area contributed by atoms with Gasteiger partial charge < -0.3 is 15.4 Å². The Balaban J connectivity index is 1.40. The Hall–Kier alpha value is -3.61. The highest BCUT2D eigenvalue weighted by Crippen LogP contribution is 2.29. The van der Waals surface area contributed by atoms with Crippen LogP contribution in [0.5, 0.6) is 5.75 Å². The number of hydrogen-bond acceptors (Lipinski definition) is 6. The Morgan fingerprint density at radius 2 is 2.08 bits per heavy atom. The summed E-state index contributed by atoms with van der Waals surface area (Å²) >= 11 is 0. The van der Waals surface area contributed by atoms with Crippen molar-refractivity contribution >= 4 is 34.0 Å². The highest BCUT2D eigenvalue weighted by atomic mass is 16.5. The molecule has 0 saturated heterocycles. The molecule has 26 heavy (non-hydrogen) atoms. The second kappa shape index (κ2) is 6.03. The fraction of sp³-hybridized carbons (Fsp3) is 0.105. The van der Waals surface area contributed by atoms with Crippen molar-refractivity contribution in [2.45, 2.75) is 6.42 Å². The van der Waals surface area contributed by atoms with Crippen molar-refractivity contribution in [3.8, 4) is 5.75 Å². The van der Waals surface area contributed by atoms with Crippen LogP contribution in [0.25, 0.3) is 10.9 Å². The van der Waals surface area contributed by atoms with Gasteiger partial charge in [-0.3, -0.25) is 5.10 Å². The number of H-pyrrole nitrogens is 1. The molecule has 7 heteroatoms. The molecule has 3 heterocycles. The van der Waals surface area contributed by atoms with Crippen molar-refractivity contribution in [2.75, 3.05) is 17.2 Å². The summed E-state index contributed by atoms with van der Waals surface area (Å²) < 4.78 is 5.54. The first-order valence-corrected chi connectivity index (χ1v) is 8.40. The number of benzene rings is 2. The standard InChI is InChI=1S/C19H16N6O/c1-2-15(14-11-21-25-16(14)3-1)23-18-6-8-20-19(24-18)22-13-4-5-17-12(10-13)7-9-26-17/h1-6,8,10-11H,7,9H2,(H,21,25)(H2,20,22,23,24). The SMILES string of the molecule is c1cc(Nc2ccnc(Nc3ccc4c(c3)CCO4)n2)c2cn[nH]c2c1. The predicted octanol–water partition coefficient (Wildman–Crippen LogP) is 3.78. The van der Waals surface area contributed by atoms with E-state index in [1.54, 1.807) is 12.4 Å². The predicted molar refractivity (Wildman–Crippen MR) is 100 cm³/mol. The Kier molecular flexibility index (Phi) is 3.41. The van der Waals surface area contributed by atoms with E-state index in [2.05, 4.69) is 36.9 Å². The molecule has 0 aliphatic carbocycles. The third kappa shape index (κ3) is 2.69. The van der Waals surface area contributed by atoms with Crippen molar-refractivity contribution in [1.82, 2.24) is 20.2 Å². The van der Waals surface area contributed by atoms with Crippen molar-refractivity contribution < 1.29 is 4.74 Å². The van der Waals surface area contributed by atoms with Crippen molar-refractivity contribution in [1.29, 1.82) is 0 Å². The maximum Gasteiger partial charge on any atom is 0.229 e. The molecule has 0 amide bonds. The lowest BCUT2D eigenvalue weighted by atomic mass is 10.1. The summed E-state index contributed by atoms with van der Waals surface area (Å²) in [5.41, 5.74) is 4.07. The minimum atomic E-state index is 0.535. The van der Waals surface area contributed by atoms with Crippen LogP contribution in [0.3, 0.4) is 0 Å². The third-order valence-electron chi connectivity index (χ3n) is 4.35. The lowest BCUT2D eigenvalue weighted by molar-refractivity contribution is 0.357. The van der Waals surface area contributed by atoms with Crippen molar-refractivity contribution in [2.24, 2.45) is 0 Å². The number of nitrogens with zero attached hydrogens (tertiary/aromatic N) is 3. The fourth-order valence-electron chi connectivity index (χ4n) is 3.10. The summed E-state index contributed by atoms with van der Waals surface area (Å²) in [4.78, 5) is 8.86. The summed E-state index contributed by atoms with van der Waals surface area (Å²) in [5.74, 6) is 2.20. The topological polar surface area (TPSA) is 87.8 Å². The highest BCUT2D eigenvalue weighted by Gasteiger charge is 2.12. The zero-order valence-electron chi connectivity index (χ0n) is 13.9. The molecule has 7 nitrogen and oxygen atoms in total. The van der Waals surface area contributed by atoms with E-state index in [-0.39, 0.29) is 0 Å². The third-order valence-corrected chi connectivity index (χ3v) is 4.35. The van der Waals surface area contributed by atoms with Crippen LogP contribution in [-0.2, 0) is 6.42 Å². The molecular weight excluding hydrogens is 328 g/mol. The van der Waals surface area contributed by atoms with Gasteiger partial charge in [0, 0.05) is 23.7 Å². The van der Waals surface area contributed by atoms with E-state index in [4.69, 9.17) is 4.74 Å². The molecule has 0 fully saturated rings. The molecule has 0 spiro atoms. The van der Waals surface area contributed by atoms with Crippen LogP contribution in [0.4, 0.5) is 23.1 Å². The summed E-state index contributed by atoms with van der Waals surface area (Å²) in [6, 6.07) is 13.8. The molecule has 128 valence electrons. The second-order valence-corrected chi connectivity index (χ2v) is 6.07. The zero-order valence-corrected chi connectivity index (χ0v) is 13.9. The van der Waals surface area contributed by atoms with Gasteiger partial charge in [-0.1, -0.05) is 6.07 Å². The Morgan fingerprint density at radius 3 is 3.08 bits per heavy atom. The second-order valence-electron chi connectivity index (χ2n) is 6.07. The average Bonchev–Trinajstić information content (AvgIpc) is 3.31. The van der Waals surface area contributed by atoms with Crippen molar-refractivity contribution in [3.05, 3.63) is 60.4 Å². The summed E-state index contributed by atoms with van der Waals surface area (Å²) in [7, 11) is 0. The maximum atomic E-state index is 5.54. The molecule has 0 unspecified atom stereocenters. The van der Waals surface area contributed by atoms with Crippen LogP contribution in [0.15, 0.2) is 54.9 Å². The number of nitrogens with one attached hydrogen (secondary N) is 3. The number of hydrogen-bond donors (Lipinski definition) is 3. The fourth-order valence-corrected chi connectivity index (χ4v) is 3.10. The Labute approximate surface area is 149 Å². The average molecular weight is 344 g/mol. The lowest BCUT2D eigenvalue weighted by Crippen LogP contribution is -2.00. The minimum Gasteiger partial charge on any atom is -0.493 e. The summed E-state index contributed by atoms with van der Waals surface area (Å²) in [5, 5.41) is 14.6. The Morgan fingerprint density at radius 1 is 1.08 bits per heavy atom. The van der Waals surface area contributed by atoms with E-state index in [1.807, 2.05) is 36.4 Å². The van der Waals surface area contributed by atoms with Gasteiger partial charge in [0.15, 0.2) is 0 Å². The monoisotopic (exact) mass is 344 g/mol. The number of rotatable bonds is 4. The molecule has 5 rings (SSSR count). The quantitative estimate of drug-likeness (QED) is 0.522. The van der Waals surface area contributed by atoms with Gasteiger partial charge in [0.2, 0.25) is 5.95 Å². The first-order valence-electron chi connectivity index (χ1n) is 8.40. The van der Waals surface area contributed by atoms with Gasteiger partial charge in [-0.05, 0) is 42.0 Å². The molecule has 3 N–H and O–H groups in total. The van der Waals surface area contributed by atoms with Gasteiger partial charge >= 0.3 is 0 Å². The molecule has 0 radical (unpaired) electrons. The largest absolute Gasteiger partial charge is 0.493 e. The normalized spacial score (nSPS) is 12.6. The zero-order chi connectivity index (χ0) is 17.3. The smallest absolute Gasteiger partial charge is 0.229 e. The minimum absolute atomic E-state index is 0.535. The summed E-state index contributed by atoms with van der Waals surface area (Å²) in [6.45, 7) is 0.744. The molecule has 1 aliphatic heterocycles. The van der Waals surface area contributed by atoms with Crippen LogP contribution in [-0.4, -0.2) is 26.8 Å². The molecule has 0 bridgehead atoms. The maximum absolute atomic E-state index is 5.54. The first-order chi connectivity index (χ1) is 12.8. The number of fused-ring (bicyclic) bond motifs is 2. The van der Waals surface area contributed by atoms with Crippen LogP contribution in [0.1, 0.15) is 5.56 Å². The first kappa shape index (κ1) is 14.7. The number of anilines is 4. The summed E-state index contributed by atoms with van der Waals surface area (Å²) in [6.07, 6.45) is 4.45. The number of ether oxygens (including phenoxy) is 1. The van der Waals surface area contributed by atoms with E-state index in [9.17, 15) is 0 Å². The van der Waals surface area contributed by atoms with E-state index in [0.717, 1.165) is 41.1 Å². The molecule has 2 aromatic carbocycles. The van der Waals surface area contributed by atoms with Crippen LogP contribution < -0.4 is 15.4 Å². The van der Waals surface area contributed by atoms with Crippen LogP contribution in [0.2, 0.25) is 0 Å². The number of aromatic nitrogens is 4. The molecule has 1 aliphatic rings. The lowest BCUT2D eigenvalue weighted by Gasteiger charge is -2.10. The van der Waals surface area contributed by atoms with Gasteiger partial charge in [-0.15, -0.1) is 0 Å².